The predicted octanol–water partition coefficient (Wildman–Crippen LogP) is 5.45. The molecule has 0 saturated heterocycles. The summed E-state index contributed by atoms with van der Waals surface area (Å²) in [6.45, 7) is 25.2. The van der Waals surface area contributed by atoms with Crippen molar-refractivity contribution in [1.29, 1.82) is 0 Å². The molecule has 4 nitrogen and oxygen atoms in total. The third-order valence-corrected chi connectivity index (χ3v) is 5.60. The molecule has 0 saturated carbocycles. The molecule has 0 spiro atoms. The van der Waals surface area contributed by atoms with Crippen LogP contribution >= 0.6 is 0 Å². The second kappa shape index (κ2) is 10.2. The van der Waals surface area contributed by atoms with Gasteiger partial charge in [-0.05, 0) is 63.2 Å². The number of rotatable bonds is 14. The summed E-state index contributed by atoms with van der Waals surface area (Å²) in [5.74, 6) is 0.320. The van der Waals surface area contributed by atoms with E-state index in [4.69, 9.17) is 0 Å². The van der Waals surface area contributed by atoms with Gasteiger partial charge in [0.1, 0.15) is 5.78 Å². The van der Waals surface area contributed by atoms with E-state index in [2.05, 4.69) is 46.4 Å². The maximum Gasteiger partial charge on any atom is 0.133 e. The van der Waals surface area contributed by atoms with Crippen LogP contribution in [-0.4, -0.2) is 51.7 Å². The predicted molar refractivity (Wildman–Crippen MR) is 124 cm³/mol. The average molecular weight is 414 g/mol. The molecule has 0 rings (SSSR count). The second-order valence-electron chi connectivity index (χ2n) is 12.7. The van der Waals surface area contributed by atoms with Gasteiger partial charge in [-0.15, -0.1) is 0 Å². The van der Waals surface area contributed by atoms with Gasteiger partial charge in [-0.2, -0.15) is 0 Å². The van der Waals surface area contributed by atoms with Crippen molar-refractivity contribution in [2.45, 2.75) is 119 Å². The minimum Gasteiger partial charge on any atom is -0.390 e. The van der Waals surface area contributed by atoms with Gasteiger partial charge >= 0.3 is 0 Å². The van der Waals surface area contributed by atoms with E-state index in [0.717, 1.165) is 26.1 Å². The van der Waals surface area contributed by atoms with E-state index < -0.39 is 11.2 Å². The van der Waals surface area contributed by atoms with Crippen molar-refractivity contribution in [3.63, 3.8) is 0 Å². The lowest BCUT2D eigenvalue weighted by molar-refractivity contribution is -0.121. The van der Waals surface area contributed by atoms with E-state index in [-0.39, 0.29) is 16.2 Å². The molecule has 0 aliphatic carbocycles. The Labute approximate surface area is 181 Å². The van der Waals surface area contributed by atoms with Crippen molar-refractivity contribution in [2.75, 3.05) is 19.6 Å². The largest absolute Gasteiger partial charge is 0.390 e. The van der Waals surface area contributed by atoms with Crippen molar-refractivity contribution in [1.82, 2.24) is 4.90 Å². The first kappa shape index (κ1) is 28.5. The van der Waals surface area contributed by atoms with E-state index in [1.807, 2.05) is 34.6 Å². The number of nitrogens with zero attached hydrogens (tertiary/aromatic N) is 1. The van der Waals surface area contributed by atoms with Crippen LogP contribution in [0.2, 0.25) is 0 Å². The summed E-state index contributed by atoms with van der Waals surface area (Å²) in [5.41, 5.74) is -1.63. The maximum absolute atomic E-state index is 12.2. The van der Waals surface area contributed by atoms with Crippen molar-refractivity contribution < 1.29 is 15.0 Å². The van der Waals surface area contributed by atoms with Crippen LogP contribution in [0.15, 0.2) is 0 Å². The quantitative estimate of drug-likeness (QED) is 0.397. The second-order valence-corrected chi connectivity index (χ2v) is 12.7. The molecule has 0 aliphatic heterocycles. The lowest BCUT2D eigenvalue weighted by Crippen LogP contribution is -2.48. The minimum atomic E-state index is -0.718. The molecule has 0 radical (unpaired) electrons. The molecule has 174 valence electrons. The van der Waals surface area contributed by atoms with Crippen LogP contribution in [0.5, 0.6) is 0 Å². The van der Waals surface area contributed by atoms with E-state index in [9.17, 15) is 15.0 Å². The van der Waals surface area contributed by atoms with E-state index in [1.54, 1.807) is 0 Å². The zero-order chi connectivity index (χ0) is 23.3. The Morgan fingerprint density at radius 3 is 1.38 bits per heavy atom. The zero-order valence-corrected chi connectivity index (χ0v) is 21.4. The lowest BCUT2D eigenvalue weighted by atomic mass is 9.76. The van der Waals surface area contributed by atoms with Crippen molar-refractivity contribution in [3.8, 4) is 0 Å². The van der Waals surface area contributed by atoms with Gasteiger partial charge in [-0.3, -0.25) is 4.79 Å². The first-order valence-electron chi connectivity index (χ1n) is 11.4. The molecule has 0 aliphatic rings. The van der Waals surface area contributed by atoms with Gasteiger partial charge in [-0.1, -0.05) is 48.5 Å². The molecular formula is C25H51NO3. The van der Waals surface area contributed by atoms with Crippen LogP contribution in [0, 0.1) is 16.2 Å². The number of carbonyl (C=O) groups is 1. The molecule has 0 aromatic rings. The lowest BCUT2D eigenvalue weighted by Gasteiger charge is -2.44. The number of ketones is 1. The van der Waals surface area contributed by atoms with E-state index >= 15 is 0 Å². The summed E-state index contributed by atoms with van der Waals surface area (Å²) < 4.78 is 0. The Morgan fingerprint density at radius 1 is 0.724 bits per heavy atom. The van der Waals surface area contributed by atoms with Crippen molar-refractivity contribution >= 4 is 5.78 Å². The molecule has 29 heavy (non-hydrogen) atoms. The van der Waals surface area contributed by atoms with Gasteiger partial charge in [0.15, 0.2) is 0 Å². The summed E-state index contributed by atoms with van der Waals surface area (Å²) in [6, 6.07) is 0. The van der Waals surface area contributed by atoms with E-state index in [0.29, 0.717) is 31.5 Å². The zero-order valence-electron chi connectivity index (χ0n) is 21.4. The van der Waals surface area contributed by atoms with Gasteiger partial charge in [0, 0.05) is 32.5 Å². The monoisotopic (exact) mass is 413 g/mol. The Kier molecular flexibility index (Phi) is 10.1. The number of hydrogen-bond acceptors (Lipinski definition) is 4. The molecule has 0 heterocycles. The molecule has 0 fully saturated rings. The van der Waals surface area contributed by atoms with Crippen LogP contribution < -0.4 is 0 Å². The fourth-order valence-corrected chi connectivity index (χ4v) is 5.27. The molecule has 0 bridgehead atoms. The summed E-state index contributed by atoms with van der Waals surface area (Å²) >= 11 is 0. The molecule has 4 heteroatoms. The fourth-order valence-electron chi connectivity index (χ4n) is 5.27. The number of Topliss-reactive ketones (excluding diaryl/α,β-unsaturated/α-hetero) is 1. The van der Waals surface area contributed by atoms with Crippen LogP contribution in [0.4, 0.5) is 0 Å². The first-order chi connectivity index (χ1) is 12.7. The van der Waals surface area contributed by atoms with Gasteiger partial charge in [0.25, 0.3) is 0 Å². The number of hydrogen-bond donors (Lipinski definition) is 2. The van der Waals surface area contributed by atoms with Gasteiger partial charge in [0.2, 0.25) is 0 Å². The first-order valence-corrected chi connectivity index (χ1v) is 11.4. The van der Waals surface area contributed by atoms with Gasteiger partial charge in [-0.25, -0.2) is 0 Å². The highest BCUT2D eigenvalue weighted by atomic mass is 16.3. The van der Waals surface area contributed by atoms with E-state index in [1.165, 1.54) is 0 Å². The van der Waals surface area contributed by atoms with Crippen molar-refractivity contribution in [2.24, 2.45) is 16.2 Å². The van der Waals surface area contributed by atoms with Crippen LogP contribution in [-0.2, 0) is 4.79 Å². The van der Waals surface area contributed by atoms with Crippen LogP contribution in [0.1, 0.15) is 108 Å². The summed E-state index contributed by atoms with van der Waals surface area (Å²) in [7, 11) is 0. The number of carbonyl (C=O) groups excluding carboxylic acids is 1. The Hall–Kier alpha value is -0.450. The highest BCUT2D eigenvalue weighted by Crippen LogP contribution is 2.36. The maximum atomic E-state index is 12.2. The third kappa shape index (κ3) is 13.5. The SMILES string of the molecule is CCC(=O)CC(C)(CC)CN(CC(C)(C)CC(C)(C)O)CC(C)(C)CC(C)(C)O. The highest BCUT2D eigenvalue weighted by molar-refractivity contribution is 5.78. The molecular weight excluding hydrogens is 362 g/mol. The molecule has 1 unspecified atom stereocenters. The fraction of sp³-hybridized carbons (Fsp3) is 0.960. The third-order valence-electron chi connectivity index (χ3n) is 5.60. The smallest absolute Gasteiger partial charge is 0.133 e. The Bertz CT molecular complexity index is 481. The number of aliphatic hydroxyl groups is 2. The normalized spacial score (nSPS) is 16.2. The molecule has 2 N–H and O–H groups in total. The highest BCUT2D eigenvalue weighted by Gasteiger charge is 2.36. The van der Waals surface area contributed by atoms with Crippen LogP contribution in [0.25, 0.3) is 0 Å². The Morgan fingerprint density at radius 2 is 1.10 bits per heavy atom. The summed E-state index contributed by atoms with van der Waals surface area (Å²) in [6.07, 6.45) is 3.56. The van der Waals surface area contributed by atoms with Crippen LogP contribution in [0.3, 0.4) is 0 Å². The van der Waals surface area contributed by atoms with Gasteiger partial charge in [0.05, 0.1) is 11.2 Å². The summed E-state index contributed by atoms with van der Waals surface area (Å²) in [5, 5.41) is 20.8. The Balaban J connectivity index is 5.66. The van der Waals surface area contributed by atoms with Gasteiger partial charge < -0.3 is 15.1 Å². The molecule has 0 amide bonds. The summed E-state index contributed by atoms with van der Waals surface area (Å²) in [4.78, 5) is 14.7. The average Bonchev–Trinajstić information content (AvgIpc) is 2.40. The minimum absolute atomic E-state index is 0.0630. The molecule has 1 atom stereocenters. The molecule has 0 aromatic carbocycles. The molecule has 0 aromatic heterocycles. The topological polar surface area (TPSA) is 60.8 Å². The standard InChI is InChI=1S/C25H51NO3/c1-12-20(27)14-25(11,13-2)19-26(17-21(3,4)15-23(7,8)28)18-22(5,6)16-24(9,10)29/h28-29H,12-19H2,1-11H3. The van der Waals surface area contributed by atoms with Crippen molar-refractivity contribution in [3.05, 3.63) is 0 Å².